The summed E-state index contributed by atoms with van der Waals surface area (Å²) in [7, 11) is 1.37. The lowest BCUT2D eigenvalue weighted by molar-refractivity contribution is -0.102. The molecule has 0 saturated heterocycles. The van der Waals surface area contributed by atoms with Crippen LogP contribution in [0.3, 0.4) is 0 Å². The van der Waals surface area contributed by atoms with Gasteiger partial charge in [-0.2, -0.15) is 0 Å². The third-order valence-corrected chi connectivity index (χ3v) is 1.91. The molecule has 1 rings (SSSR count). The van der Waals surface area contributed by atoms with Gasteiger partial charge in [0.05, 0.1) is 0 Å². The first-order chi connectivity index (χ1) is 5.77. The molecule has 0 bridgehead atoms. The number of hydrogen-bond acceptors (Lipinski definition) is 6. The number of carbonyl (C=O) groups is 1. The van der Waals surface area contributed by atoms with Crippen molar-refractivity contribution >= 4 is 23.3 Å². The smallest absolute Gasteiger partial charge is 0.180 e. The summed E-state index contributed by atoms with van der Waals surface area (Å²) in [6.45, 7) is 1.80. The third kappa shape index (κ3) is 1.85. The maximum absolute atomic E-state index is 10.4. The standard InChI is InChI=1S/C6H7N3O2S/c1-4-7-8-6(12-4)5(3-10)9-11-2/h3H,1-2H3/b9-5+. The van der Waals surface area contributed by atoms with Crippen molar-refractivity contribution in [1.82, 2.24) is 10.2 Å². The summed E-state index contributed by atoms with van der Waals surface area (Å²) >= 11 is 1.30. The number of carbonyl (C=O) groups excluding carboxylic acids is 1. The quantitative estimate of drug-likeness (QED) is 0.388. The topological polar surface area (TPSA) is 64.4 Å². The number of rotatable bonds is 3. The normalized spacial score (nSPS) is 11.3. The third-order valence-electron chi connectivity index (χ3n) is 1.05. The molecule has 0 amide bonds. The number of nitrogens with zero attached hydrogens (tertiary/aromatic N) is 3. The van der Waals surface area contributed by atoms with Crippen molar-refractivity contribution in [2.24, 2.45) is 5.16 Å². The zero-order chi connectivity index (χ0) is 8.97. The molecule has 1 aromatic heterocycles. The van der Waals surface area contributed by atoms with Crippen molar-refractivity contribution in [3.8, 4) is 0 Å². The predicted octanol–water partition coefficient (Wildman–Crippen LogP) is 0.396. The molecule has 0 spiro atoms. The molecule has 0 atom stereocenters. The lowest BCUT2D eigenvalue weighted by atomic mass is 10.4. The zero-order valence-electron chi connectivity index (χ0n) is 6.64. The van der Waals surface area contributed by atoms with Crippen LogP contribution in [0.4, 0.5) is 0 Å². The lowest BCUT2D eigenvalue weighted by Gasteiger charge is -1.88. The zero-order valence-corrected chi connectivity index (χ0v) is 7.46. The first kappa shape index (κ1) is 8.79. The van der Waals surface area contributed by atoms with Crippen LogP contribution in [0.2, 0.25) is 0 Å². The number of oxime groups is 1. The highest BCUT2D eigenvalue weighted by Crippen LogP contribution is 2.08. The minimum atomic E-state index is 0.170. The van der Waals surface area contributed by atoms with Gasteiger partial charge in [0, 0.05) is 0 Å². The Morgan fingerprint density at radius 2 is 2.42 bits per heavy atom. The van der Waals surface area contributed by atoms with Gasteiger partial charge in [0.15, 0.2) is 17.0 Å². The van der Waals surface area contributed by atoms with Gasteiger partial charge in [0.1, 0.15) is 12.1 Å². The average molecular weight is 185 g/mol. The van der Waals surface area contributed by atoms with Gasteiger partial charge >= 0.3 is 0 Å². The molecule has 0 aromatic carbocycles. The Morgan fingerprint density at radius 1 is 1.67 bits per heavy atom. The molecule has 0 unspecified atom stereocenters. The number of aromatic nitrogens is 2. The van der Waals surface area contributed by atoms with Gasteiger partial charge < -0.3 is 4.84 Å². The Hall–Kier alpha value is -1.30. The first-order valence-corrected chi connectivity index (χ1v) is 3.96. The monoisotopic (exact) mass is 185 g/mol. The molecule has 1 aromatic rings. The molecule has 0 radical (unpaired) electrons. The Labute approximate surface area is 73.1 Å². The molecule has 0 aliphatic heterocycles. The fraction of sp³-hybridized carbons (Fsp3) is 0.333. The minimum absolute atomic E-state index is 0.170. The van der Waals surface area contributed by atoms with Crippen molar-refractivity contribution < 1.29 is 9.63 Å². The highest BCUT2D eigenvalue weighted by molar-refractivity contribution is 7.13. The van der Waals surface area contributed by atoms with Crippen LogP contribution in [0, 0.1) is 6.92 Å². The summed E-state index contributed by atoms with van der Waals surface area (Å²) < 4.78 is 0. The van der Waals surface area contributed by atoms with E-state index in [0.717, 1.165) is 5.01 Å². The molecule has 0 aliphatic rings. The summed E-state index contributed by atoms with van der Waals surface area (Å²) in [5.41, 5.74) is 0.170. The van der Waals surface area contributed by atoms with Crippen LogP contribution in [0.15, 0.2) is 5.16 Å². The van der Waals surface area contributed by atoms with Crippen LogP contribution < -0.4 is 0 Å². The van der Waals surface area contributed by atoms with E-state index in [0.29, 0.717) is 11.3 Å². The van der Waals surface area contributed by atoms with Gasteiger partial charge in [-0.05, 0) is 6.92 Å². The fourth-order valence-electron chi connectivity index (χ4n) is 0.609. The van der Waals surface area contributed by atoms with Crippen LogP contribution in [0.5, 0.6) is 0 Å². The Balaban J connectivity index is 2.94. The van der Waals surface area contributed by atoms with Gasteiger partial charge in [0.2, 0.25) is 0 Å². The molecule has 0 saturated carbocycles. The summed E-state index contributed by atoms with van der Waals surface area (Å²) in [4.78, 5) is 14.9. The van der Waals surface area contributed by atoms with E-state index in [4.69, 9.17) is 0 Å². The summed E-state index contributed by atoms with van der Waals surface area (Å²) in [5.74, 6) is 0. The van der Waals surface area contributed by atoms with Gasteiger partial charge in [0.25, 0.3) is 0 Å². The predicted molar refractivity (Wildman–Crippen MR) is 44.3 cm³/mol. The minimum Gasteiger partial charge on any atom is -0.398 e. The maximum atomic E-state index is 10.4. The van der Waals surface area contributed by atoms with Crippen molar-refractivity contribution in [3.63, 3.8) is 0 Å². The van der Waals surface area contributed by atoms with E-state index in [-0.39, 0.29) is 5.71 Å². The highest BCUT2D eigenvalue weighted by atomic mass is 32.1. The fourth-order valence-corrected chi connectivity index (χ4v) is 1.24. The molecule has 5 nitrogen and oxygen atoms in total. The van der Waals surface area contributed by atoms with Crippen LogP contribution in [0.1, 0.15) is 10.0 Å². The van der Waals surface area contributed by atoms with E-state index in [1.807, 2.05) is 0 Å². The Bertz CT molecular complexity index is 307. The summed E-state index contributed by atoms with van der Waals surface area (Å²) in [5, 5.41) is 12.2. The summed E-state index contributed by atoms with van der Waals surface area (Å²) in [6, 6.07) is 0. The molecular formula is C6H7N3O2S. The number of aldehydes is 1. The van der Waals surface area contributed by atoms with Crippen LogP contribution in [-0.4, -0.2) is 29.3 Å². The number of aryl methyl sites for hydroxylation is 1. The maximum Gasteiger partial charge on any atom is 0.180 e. The molecule has 1 heterocycles. The van der Waals surface area contributed by atoms with Crippen molar-refractivity contribution in [2.45, 2.75) is 6.92 Å². The van der Waals surface area contributed by atoms with Gasteiger partial charge in [-0.15, -0.1) is 10.2 Å². The van der Waals surface area contributed by atoms with Crippen molar-refractivity contribution in [2.75, 3.05) is 7.11 Å². The first-order valence-electron chi connectivity index (χ1n) is 3.14. The van der Waals surface area contributed by atoms with Crippen LogP contribution in [0.25, 0.3) is 0 Å². The van der Waals surface area contributed by atoms with Crippen molar-refractivity contribution in [3.05, 3.63) is 10.0 Å². The molecule has 0 fully saturated rings. The second-order valence-corrected chi connectivity index (χ2v) is 3.08. The highest BCUT2D eigenvalue weighted by Gasteiger charge is 2.08. The SMILES string of the molecule is CO/N=C(\C=O)c1nnc(C)s1. The van der Waals surface area contributed by atoms with E-state index in [1.54, 1.807) is 6.92 Å². The van der Waals surface area contributed by atoms with E-state index in [2.05, 4.69) is 20.2 Å². The van der Waals surface area contributed by atoms with E-state index < -0.39 is 0 Å². The molecule has 64 valence electrons. The van der Waals surface area contributed by atoms with Gasteiger partial charge in [-0.3, -0.25) is 4.79 Å². The lowest BCUT2D eigenvalue weighted by Crippen LogP contribution is -2.02. The largest absolute Gasteiger partial charge is 0.398 e. The molecule has 6 heteroatoms. The average Bonchev–Trinajstić information content (AvgIpc) is 2.47. The van der Waals surface area contributed by atoms with Crippen LogP contribution >= 0.6 is 11.3 Å². The van der Waals surface area contributed by atoms with Gasteiger partial charge in [-0.1, -0.05) is 16.5 Å². The second-order valence-electron chi connectivity index (χ2n) is 1.90. The Kier molecular flexibility index (Phi) is 2.87. The number of hydrogen-bond donors (Lipinski definition) is 0. The van der Waals surface area contributed by atoms with E-state index in [1.165, 1.54) is 18.4 Å². The molecule has 0 aliphatic carbocycles. The van der Waals surface area contributed by atoms with Gasteiger partial charge in [-0.25, -0.2) is 0 Å². The molecular weight excluding hydrogens is 178 g/mol. The molecule has 0 N–H and O–H groups in total. The van der Waals surface area contributed by atoms with E-state index in [9.17, 15) is 4.79 Å². The Morgan fingerprint density at radius 3 is 2.83 bits per heavy atom. The summed E-state index contributed by atoms with van der Waals surface area (Å²) in [6.07, 6.45) is 0.587. The van der Waals surface area contributed by atoms with Crippen molar-refractivity contribution in [1.29, 1.82) is 0 Å². The molecule has 12 heavy (non-hydrogen) atoms. The van der Waals surface area contributed by atoms with Crippen LogP contribution in [-0.2, 0) is 9.63 Å². The second kappa shape index (κ2) is 3.91. The van der Waals surface area contributed by atoms with E-state index >= 15 is 0 Å².